The zero-order chi connectivity index (χ0) is 11.1. The van der Waals surface area contributed by atoms with Crippen molar-refractivity contribution in [1.29, 1.82) is 0 Å². The van der Waals surface area contributed by atoms with E-state index < -0.39 is 10.0 Å². The molecule has 0 amide bonds. The van der Waals surface area contributed by atoms with Crippen molar-refractivity contribution in [3.05, 3.63) is 12.4 Å². The first-order valence-electron chi connectivity index (χ1n) is 4.57. The Labute approximate surface area is 88.2 Å². The van der Waals surface area contributed by atoms with Gasteiger partial charge in [0.25, 0.3) is 0 Å². The molecular formula is C8H12N4O2S. The van der Waals surface area contributed by atoms with Crippen molar-refractivity contribution < 1.29 is 8.42 Å². The fraction of sp³-hybridized carbons (Fsp3) is 0.500. The molecule has 0 radical (unpaired) electrons. The highest BCUT2D eigenvalue weighted by Gasteiger charge is 2.35. The molecule has 1 heterocycles. The Morgan fingerprint density at radius 2 is 1.93 bits per heavy atom. The maximum atomic E-state index is 11.9. The molecule has 1 aliphatic rings. The van der Waals surface area contributed by atoms with Gasteiger partial charge in [0.15, 0.2) is 0 Å². The van der Waals surface area contributed by atoms with Crippen LogP contribution in [0.4, 0.5) is 5.95 Å². The first-order valence-corrected chi connectivity index (χ1v) is 6.01. The van der Waals surface area contributed by atoms with Crippen molar-refractivity contribution >= 4 is 16.0 Å². The second-order valence-electron chi connectivity index (χ2n) is 3.53. The molecule has 0 spiro atoms. The molecule has 82 valence electrons. The summed E-state index contributed by atoms with van der Waals surface area (Å²) < 4.78 is 25.2. The molecule has 2 rings (SSSR count). The highest BCUT2D eigenvalue weighted by atomic mass is 32.2. The maximum absolute atomic E-state index is 11.9. The van der Waals surface area contributed by atoms with Gasteiger partial charge in [0.1, 0.15) is 4.90 Å². The number of hydrogen-bond acceptors (Lipinski definition) is 5. The van der Waals surface area contributed by atoms with Crippen LogP contribution in [-0.4, -0.2) is 35.8 Å². The van der Waals surface area contributed by atoms with Crippen LogP contribution in [-0.2, 0) is 10.0 Å². The van der Waals surface area contributed by atoms with Crippen LogP contribution >= 0.6 is 0 Å². The van der Waals surface area contributed by atoms with Crippen LogP contribution in [0.5, 0.6) is 0 Å². The number of nitrogens with two attached hydrogens (primary N) is 1. The van der Waals surface area contributed by atoms with Gasteiger partial charge in [-0.25, -0.2) is 18.4 Å². The number of nitrogens with zero attached hydrogens (tertiary/aromatic N) is 3. The number of aromatic nitrogens is 2. The second-order valence-corrected chi connectivity index (χ2v) is 5.53. The van der Waals surface area contributed by atoms with E-state index in [9.17, 15) is 8.42 Å². The highest BCUT2D eigenvalue weighted by Crippen LogP contribution is 2.29. The molecule has 7 heteroatoms. The van der Waals surface area contributed by atoms with Gasteiger partial charge < -0.3 is 5.73 Å². The maximum Gasteiger partial charge on any atom is 0.246 e. The third-order valence-electron chi connectivity index (χ3n) is 2.39. The Hall–Kier alpha value is -1.21. The van der Waals surface area contributed by atoms with Crippen molar-refractivity contribution in [2.75, 3.05) is 12.8 Å². The van der Waals surface area contributed by atoms with Gasteiger partial charge in [-0.15, -0.1) is 0 Å². The van der Waals surface area contributed by atoms with Crippen molar-refractivity contribution in [2.45, 2.75) is 23.8 Å². The van der Waals surface area contributed by atoms with Gasteiger partial charge in [0.2, 0.25) is 16.0 Å². The van der Waals surface area contributed by atoms with Gasteiger partial charge in [-0.3, -0.25) is 0 Å². The number of sulfonamides is 1. The van der Waals surface area contributed by atoms with E-state index in [1.165, 1.54) is 16.7 Å². The predicted octanol–water partition coefficient (Wildman–Crippen LogP) is -0.158. The quantitative estimate of drug-likeness (QED) is 0.776. The molecule has 1 aliphatic carbocycles. The third kappa shape index (κ3) is 1.93. The monoisotopic (exact) mass is 228 g/mol. The zero-order valence-corrected chi connectivity index (χ0v) is 9.11. The number of hydrogen-bond donors (Lipinski definition) is 1. The zero-order valence-electron chi connectivity index (χ0n) is 8.29. The lowest BCUT2D eigenvalue weighted by molar-refractivity contribution is 0.463. The Balaban J connectivity index is 2.32. The molecule has 0 saturated heterocycles. The van der Waals surface area contributed by atoms with Crippen molar-refractivity contribution in [3.8, 4) is 0 Å². The molecule has 1 aromatic heterocycles. The summed E-state index contributed by atoms with van der Waals surface area (Å²) in [4.78, 5) is 7.43. The van der Waals surface area contributed by atoms with Gasteiger partial charge in [0, 0.05) is 13.1 Å². The molecule has 0 atom stereocenters. The van der Waals surface area contributed by atoms with Crippen LogP contribution in [0.3, 0.4) is 0 Å². The standard InChI is InChI=1S/C8H12N4O2S/c1-12(6-2-3-6)15(13,14)7-4-10-8(9)11-5-7/h4-6H,2-3H2,1H3,(H2,9,10,11). The molecular weight excluding hydrogens is 216 g/mol. The Kier molecular flexibility index (Phi) is 2.35. The van der Waals surface area contributed by atoms with E-state index in [0.717, 1.165) is 12.8 Å². The van der Waals surface area contributed by atoms with Crippen molar-refractivity contribution in [2.24, 2.45) is 0 Å². The lowest BCUT2D eigenvalue weighted by Crippen LogP contribution is -2.29. The summed E-state index contributed by atoms with van der Waals surface area (Å²) in [6.45, 7) is 0. The molecule has 2 N–H and O–H groups in total. The number of rotatable bonds is 3. The minimum absolute atomic E-state index is 0.0722. The molecule has 0 aromatic carbocycles. The Morgan fingerprint density at radius 3 is 2.40 bits per heavy atom. The van der Waals surface area contributed by atoms with Crippen LogP contribution in [0.1, 0.15) is 12.8 Å². The van der Waals surface area contributed by atoms with Gasteiger partial charge in [-0.1, -0.05) is 0 Å². The van der Waals surface area contributed by atoms with E-state index in [2.05, 4.69) is 9.97 Å². The van der Waals surface area contributed by atoms with Crippen LogP contribution in [0.25, 0.3) is 0 Å². The summed E-state index contributed by atoms with van der Waals surface area (Å²) in [7, 11) is -1.87. The van der Waals surface area contributed by atoms with E-state index >= 15 is 0 Å². The fourth-order valence-electron chi connectivity index (χ4n) is 1.26. The van der Waals surface area contributed by atoms with E-state index in [1.807, 2.05) is 0 Å². The topological polar surface area (TPSA) is 89.2 Å². The van der Waals surface area contributed by atoms with Gasteiger partial charge >= 0.3 is 0 Å². The highest BCUT2D eigenvalue weighted by molar-refractivity contribution is 7.89. The Morgan fingerprint density at radius 1 is 1.40 bits per heavy atom. The molecule has 1 fully saturated rings. The number of anilines is 1. The van der Waals surface area contributed by atoms with E-state index in [-0.39, 0.29) is 16.9 Å². The smallest absolute Gasteiger partial charge is 0.246 e. The van der Waals surface area contributed by atoms with Gasteiger partial charge in [-0.2, -0.15) is 4.31 Å². The lowest BCUT2D eigenvalue weighted by Gasteiger charge is -2.15. The van der Waals surface area contributed by atoms with Crippen LogP contribution in [0.2, 0.25) is 0 Å². The first kappa shape index (κ1) is 10.3. The molecule has 1 aromatic rings. The Bertz CT molecular complexity index is 452. The average Bonchev–Trinajstić information content (AvgIpc) is 3.00. The largest absolute Gasteiger partial charge is 0.368 e. The summed E-state index contributed by atoms with van der Waals surface area (Å²) >= 11 is 0. The van der Waals surface area contributed by atoms with Gasteiger partial charge in [0.05, 0.1) is 12.4 Å². The van der Waals surface area contributed by atoms with Crippen LogP contribution in [0, 0.1) is 0 Å². The molecule has 0 unspecified atom stereocenters. The van der Waals surface area contributed by atoms with Crippen molar-refractivity contribution in [3.63, 3.8) is 0 Å². The molecule has 15 heavy (non-hydrogen) atoms. The number of nitrogen functional groups attached to an aromatic ring is 1. The van der Waals surface area contributed by atoms with Crippen molar-refractivity contribution in [1.82, 2.24) is 14.3 Å². The summed E-state index contributed by atoms with van der Waals surface area (Å²) in [5, 5.41) is 0. The normalized spacial score (nSPS) is 16.9. The molecule has 0 aliphatic heterocycles. The molecule has 0 bridgehead atoms. The first-order chi connectivity index (χ1) is 7.01. The average molecular weight is 228 g/mol. The minimum atomic E-state index is -3.44. The summed E-state index contributed by atoms with van der Waals surface area (Å²) in [6, 6.07) is 0.132. The summed E-state index contributed by atoms with van der Waals surface area (Å²) in [5.41, 5.74) is 5.29. The third-order valence-corrected chi connectivity index (χ3v) is 4.25. The fourth-order valence-corrected chi connectivity index (χ4v) is 2.57. The SMILES string of the molecule is CN(C1CC1)S(=O)(=O)c1cnc(N)nc1. The molecule has 1 saturated carbocycles. The van der Waals surface area contributed by atoms with E-state index in [4.69, 9.17) is 5.73 Å². The second kappa shape index (κ2) is 3.42. The molecule has 6 nitrogen and oxygen atoms in total. The minimum Gasteiger partial charge on any atom is -0.368 e. The predicted molar refractivity (Wildman–Crippen MR) is 54.4 cm³/mol. The summed E-state index contributed by atoms with van der Waals surface area (Å²) in [5.74, 6) is 0.0722. The van der Waals surface area contributed by atoms with Gasteiger partial charge in [-0.05, 0) is 12.8 Å². The van der Waals surface area contributed by atoms with Crippen LogP contribution in [0.15, 0.2) is 17.3 Å². The summed E-state index contributed by atoms with van der Waals surface area (Å²) in [6.07, 6.45) is 4.31. The van der Waals surface area contributed by atoms with Crippen LogP contribution < -0.4 is 5.73 Å². The van der Waals surface area contributed by atoms with E-state index in [0.29, 0.717) is 0 Å². The van der Waals surface area contributed by atoms with E-state index in [1.54, 1.807) is 7.05 Å². The lowest BCUT2D eigenvalue weighted by atomic mass is 10.7.